The van der Waals surface area contributed by atoms with Gasteiger partial charge in [0.05, 0.1) is 12.5 Å². The first-order valence-corrected chi connectivity index (χ1v) is 6.24. The normalized spacial score (nSPS) is 11.9. The van der Waals surface area contributed by atoms with Gasteiger partial charge in [0.2, 0.25) is 5.91 Å². The van der Waals surface area contributed by atoms with Crippen molar-refractivity contribution in [3.63, 3.8) is 0 Å². The summed E-state index contributed by atoms with van der Waals surface area (Å²) in [5.41, 5.74) is 1.45. The zero-order valence-corrected chi connectivity index (χ0v) is 10.8. The van der Waals surface area contributed by atoms with Crippen LogP contribution in [0.2, 0.25) is 0 Å². The highest BCUT2D eigenvalue weighted by atomic mass is 19.1. The maximum Gasteiger partial charge on any atom is 0.225 e. The fraction of sp³-hybridized carbons (Fsp3) is 0.188. The molecule has 19 heavy (non-hydrogen) atoms. The van der Waals surface area contributed by atoms with Gasteiger partial charge in [0, 0.05) is 0 Å². The van der Waals surface area contributed by atoms with Gasteiger partial charge in [-0.2, -0.15) is 0 Å². The molecule has 0 aromatic heterocycles. The lowest BCUT2D eigenvalue weighted by atomic mass is 10.1. The minimum Gasteiger partial charge on any atom is -0.349 e. The van der Waals surface area contributed by atoms with Gasteiger partial charge in [0.1, 0.15) is 5.82 Å². The van der Waals surface area contributed by atoms with Gasteiger partial charge >= 0.3 is 0 Å². The van der Waals surface area contributed by atoms with Crippen molar-refractivity contribution in [1.29, 1.82) is 0 Å². The van der Waals surface area contributed by atoms with E-state index in [0.29, 0.717) is 5.56 Å². The van der Waals surface area contributed by atoms with Crippen LogP contribution < -0.4 is 5.32 Å². The number of halogens is 1. The summed E-state index contributed by atoms with van der Waals surface area (Å²) in [6, 6.07) is 15.9. The summed E-state index contributed by atoms with van der Waals surface area (Å²) in [6.07, 6.45) is 0.0594. The van der Waals surface area contributed by atoms with Crippen molar-refractivity contribution in [2.45, 2.75) is 19.4 Å². The minimum absolute atomic E-state index is 0.0594. The molecule has 0 heterocycles. The smallest absolute Gasteiger partial charge is 0.225 e. The van der Waals surface area contributed by atoms with E-state index in [1.54, 1.807) is 18.2 Å². The van der Waals surface area contributed by atoms with E-state index >= 15 is 0 Å². The summed E-state index contributed by atoms with van der Waals surface area (Å²) in [4.78, 5) is 11.9. The second-order valence-corrected chi connectivity index (χ2v) is 4.47. The monoisotopic (exact) mass is 257 g/mol. The number of benzene rings is 2. The van der Waals surface area contributed by atoms with Gasteiger partial charge in [-0.1, -0.05) is 48.5 Å². The van der Waals surface area contributed by atoms with Gasteiger partial charge in [-0.15, -0.1) is 0 Å². The Morgan fingerprint density at radius 1 is 1.11 bits per heavy atom. The van der Waals surface area contributed by atoms with E-state index < -0.39 is 0 Å². The second-order valence-electron chi connectivity index (χ2n) is 4.47. The highest BCUT2D eigenvalue weighted by molar-refractivity contribution is 5.79. The number of amides is 1. The van der Waals surface area contributed by atoms with E-state index in [2.05, 4.69) is 5.32 Å². The second kappa shape index (κ2) is 6.14. The Labute approximate surface area is 112 Å². The third kappa shape index (κ3) is 3.65. The van der Waals surface area contributed by atoms with Gasteiger partial charge in [-0.25, -0.2) is 4.39 Å². The highest BCUT2D eigenvalue weighted by Gasteiger charge is 2.11. The maximum atomic E-state index is 13.4. The van der Waals surface area contributed by atoms with Crippen molar-refractivity contribution in [3.8, 4) is 0 Å². The molecule has 0 aliphatic rings. The summed E-state index contributed by atoms with van der Waals surface area (Å²) < 4.78 is 13.4. The fourth-order valence-corrected chi connectivity index (χ4v) is 1.93. The third-order valence-corrected chi connectivity index (χ3v) is 2.99. The molecule has 0 aliphatic carbocycles. The van der Waals surface area contributed by atoms with Crippen molar-refractivity contribution in [2.75, 3.05) is 0 Å². The van der Waals surface area contributed by atoms with Crippen LogP contribution in [0.15, 0.2) is 54.6 Å². The SMILES string of the molecule is CC(NC(=O)Cc1ccccc1F)c1ccccc1. The average Bonchev–Trinajstić information content (AvgIpc) is 2.42. The van der Waals surface area contributed by atoms with Gasteiger partial charge < -0.3 is 5.32 Å². The molecule has 0 spiro atoms. The molecule has 2 rings (SSSR count). The van der Waals surface area contributed by atoms with Crippen LogP contribution in [0.4, 0.5) is 4.39 Å². The first kappa shape index (κ1) is 13.3. The molecular weight excluding hydrogens is 241 g/mol. The highest BCUT2D eigenvalue weighted by Crippen LogP contribution is 2.12. The van der Waals surface area contributed by atoms with Crippen LogP contribution in [0.5, 0.6) is 0 Å². The largest absolute Gasteiger partial charge is 0.349 e. The van der Waals surface area contributed by atoms with E-state index in [9.17, 15) is 9.18 Å². The minimum atomic E-state index is -0.343. The molecule has 0 fully saturated rings. The zero-order valence-electron chi connectivity index (χ0n) is 10.8. The lowest BCUT2D eigenvalue weighted by Crippen LogP contribution is -2.28. The number of rotatable bonds is 4. The molecule has 0 saturated heterocycles. The van der Waals surface area contributed by atoms with Gasteiger partial charge in [0.15, 0.2) is 0 Å². The van der Waals surface area contributed by atoms with Crippen LogP contribution in [-0.2, 0) is 11.2 Å². The predicted octanol–water partition coefficient (Wildman–Crippen LogP) is 3.25. The molecule has 2 nitrogen and oxygen atoms in total. The Bertz CT molecular complexity index is 554. The maximum absolute atomic E-state index is 13.4. The Morgan fingerprint density at radius 2 is 1.74 bits per heavy atom. The van der Waals surface area contributed by atoms with E-state index in [0.717, 1.165) is 5.56 Å². The molecule has 2 aromatic carbocycles. The summed E-state index contributed by atoms with van der Waals surface area (Å²) in [7, 11) is 0. The lowest BCUT2D eigenvalue weighted by molar-refractivity contribution is -0.121. The van der Waals surface area contributed by atoms with Crippen molar-refractivity contribution in [3.05, 3.63) is 71.5 Å². The van der Waals surface area contributed by atoms with Crippen LogP contribution in [0, 0.1) is 5.82 Å². The van der Waals surface area contributed by atoms with Crippen LogP contribution in [-0.4, -0.2) is 5.91 Å². The summed E-state index contributed by atoms with van der Waals surface area (Å²) in [5.74, 6) is -0.522. The quantitative estimate of drug-likeness (QED) is 0.895. The standard InChI is InChI=1S/C16H16FNO/c1-12(13-7-3-2-4-8-13)18-16(19)11-14-9-5-6-10-15(14)17/h2-10,12H,11H2,1H3,(H,18,19). The number of carbonyl (C=O) groups is 1. The van der Waals surface area contributed by atoms with Gasteiger partial charge in [0.25, 0.3) is 0 Å². The van der Waals surface area contributed by atoms with Crippen LogP contribution in [0.1, 0.15) is 24.1 Å². The molecule has 0 radical (unpaired) electrons. The number of hydrogen-bond donors (Lipinski definition) is 1. The Morgan fingerprint density at radius 3 is 2.42 bits per heavy atom. The summed E-state index contributed by atoms with van der Waals surface area (Å²) in [6.45, 7) is 1.91. The molecule has 3 heteroatoms. The molecule has 1 atom stereocenters. The molecule has 1 unspecified atom stereocenters. The van der Waals surface area contributed by atoms with Gasteiger partial charge in [-0.3, -0.25) is 4.79 Å². The Hall–Kier alpha value is -2.16. The molecule has 2 aromatic rings. The molecule has 1 N–H and O–H groups in total. The molecule has 1 amide bonds. The molecule has 98 valence electrons. The van der Waals surface area contributed by atoms with Gasteiger partial charge in [-0.05, 0) is 24.1 Å². The molecule has 0 aliphatic heterocycles. The van der Waals surface area contributed by atoms with Crippen molar-refractivity contribution >= 4 is 5.91 Å². The van der Waals surface area contributed by atoms with Crippen LogP contribution in [0.3, 0.4) is 0 Å². The van der Waals surface area contributed by atoms with Crippen molar-refractivity contribution in [1.82, 2.24) is 5.32 Å². The first-order chi connectivity index (χ1) is 9.16. The van der Waals surface area contributed by atoms with E-state index in [1.165, 1.54) is 6.07 Å². The summed E-state index contributed by atoms with van der Waals surface area (Å²) >= 11 is 0. The molecule has 0 saturated carbocycles. The zero-order chi connectivity index (χ0) is 13.7. The summed E-state index contributed by atoms with van der Waals surface area (Å²) in [5, 5.41) is 2.87. The van der Waals surface area contributed by atoms with E-state index in [-0.39, 0.29) is 24.2 Å². The predicted molar refractivity (Wildman–Crippen MR) is 73.1 cm³/mol. The Balaban J connectivity index is 1.97. The Kier molecular flexibility index (Phi) is 4.29. The lowest BCUT2D eigenvalue weighted by Gasteiger charge is -2.14. The van der Waals surface area contributed by atoms with Crippen LogP contribution in [0.25, 0.3) is 0 Å². The van der Waals surface area contributed by atoms with Crippen molar-refractivity contribution in [2.24, 2.45) is 0 Å². The molecule has 0 bridgehead atoms. The molecular formula is C16H16FNO. The van der Waals surface area contributed by atoms with Crippen LogP contribution >= 0.6 is 0 Å². The number of carbonyl (C=O) groups excluding carboxylic acids is 1. The number of nitrogens with one attached hydrogen (secondary N) is 1. The van der Waals surface area contributed by atoms with Crippen molar-refractivity contribution < 1.29 is 9.18 Å². The first-order valence-electron chi connectivity index (χ1n) is 6.24. The third-order valence-electron chi connectivity index (χ3n) is 2.99. The van der Waals surface area contributed by atoms with E-state index in [1.807, 2.05) is 37.3 Å². The fourth-order valence-electron chi connectivity index (χ4n) is 1.93. The topological polar surface area (TPSA) is 29.1 Å². The average molecular weight is 257 g/mol. The number of hydrogen-bond acceptors (Lipinski definition) is 1. The van der Waals surface area contributed by atoms with E-state index in [4.69, 9.17) is 0 Å².